The van der Waals surface area contributed by atoms with Gasteiger partial charge in [-0.1, -0.05) is 103 Å². The second-order valence-corrected chi connectivity index (χ2v) is 10.9. The molecule has 0 N–H and O–H groups in total. The maximum atomic E-state index is 2.35. The van der Waals surface area contributed by atoms with Crippen molar-refractivity contribution in [3.63, 3.8) is 0 Å². The van der Waals surface area contributed by atoms with Crippen LogP contribution >= 0.6 is 7.92 Å². The van der Waals surface area contributed by atoms with E-state index in [9.17, 15) is 0 Å². The van der Waals surface area contributed by atoms with E-state index in [0.717, 1.165) is 0 Å². The van der Waals surface area contributed by atoms with Gasteiger partial charge >= 0.3 is 26.2 Å². The molecule has 0 spiro atoms. The molecule has 0 nitrogen and oxygen atoms in total. The molecule has 38 heavy (non-hydrogen) atoms. The molecular formula is C34H25Cl2PZr. The first kappa shape index (κ1) is 30.0. The molecular weight excluding hydrogens is 601 g/mol. The monoisotopic (exact) mass is 624 g/mol. The Labute approximate surface area is 257 Å². The summed E-state index contributed by atoms with van der Waals surface area (Å²) in [6.45, 7) is 0. The van der Waals surface area contributed by atoms with Crippen LogP contribution < -0.4 is 40.7 Å². The van der Waals surface area contributed by atoms with Crippen molar-refractivity contribution in [3.05, 3.63) is 152 Å². The Morgan fingerprint density at radius 3 is 1.34 bits per heavy atom. The van der Waals surface area contributed by atoms with Crippen molar-refractivity contribution < 1.29 is 51.0 Å². The normalized spacial score (nSPS) is 10.2. The van der Waals surface area contributed by atoms with Gasteiger partial charge in [-0.3, -0.25) is 0 Å². The third-order valence-corrected chi connectivity index (χ3v) is 8.82. The molecule has 7 aromatic rings. The van der Waals surface area contributed by atoms with Crippen molar-refractivity contribution in [3.8, 4) is 0 Å². The molecule has 0 bridgehead atoms. The molecule has 0 atom stereocenters. The van der Waals surface area contributed by atoms with Crippen molar-refractivity contribution in [2.75, 3.05) is 0 Å². The van der Waals surface area contributed by atoms with Crippen molar-refractivity contribution in [1.29, 1.82) is 0 Å². The summed E-state index contributed by atoms with van der Waals surface area (Å²) >= 11 is 0. The molecule has 7 aromatic carbocycles. The molecule has 0 heterocycles. The summed E-state index contributed by atoms with van der Waals surface area (Å²) in [5.41, 5.74) is 0. The smallest absolute Gasteiger partial charge is 1.00 e. The van der Waals surface area contributed by atoms with Gasteiger partial charge in [0, 0.05) is 0 Å². The first-order chi connectivity index (χ1) is 17.4. The van der Waals surface area contributed by atoms with Crippen molar-refractivity contribution in [1.82, 2.24) is 0 Å². The van der Waals surface area contributed by atoms with Gasteiger partial charge in [0.05, 0.1) is 0 Å². The Morgan fingerprint density at radius 1 is 0.421 bits per heavy atom. The summed E-state index contributed by atoms with van der Waals surface area (Å²) in [5, 5.41) is 12.3. The maximum absolute atomic E-state index is 2.35. The van der Waals surface area contributed by atoms with Gasteiger partial charge in [0.2, 0.25) is 0 Å². The van der Waals surface area contributed by atoms with Crippen molar-refractivity contribution in [2.45, 2.75) is 0 Å². The van der Waals surface area contributed by atoms with Crippen LogP contribution in [0.15, 0.2) is 152 Å². The summed E-state index contributed by atoms with van der Waals surface area (Å²) in [5.74, 6) is 0. The molecule has 0 radical (unpaired) electrons. The molecule has 0 amide bonds. The molecule has 4 heteroatoms. The second-order valence-electron chi connectivity index (χ2n) is 8.67. The van der Waals surface area contributed by atoms with E-state index in [-0.39, 0.29) is 51.0 Å². The Hall–Kier alpha value is -2.53. The van der Waals surface area contributed by atoms with E-state index in [2.05, 4.69) is 152 Å². The van der Waals surface area contributed by atoms with Crippen LogP contribution in [-0.4, -0.2) is 0 Å². The van der Waals surface area contributed by atoms with E-state index < -0.39 is 7.92 Å². The van der Waals surface area contributed by atoms with E-state index >= 15 is 0 Å². The van der Waals surface area contributed by atoms with E-state index in [0.29, 0.717) is 0 Å². The third kappa shape index (κ3) is 6.36. The molecule has 7 rings (SSSR count). The number of benzene rings is 5. The van der Waals surface area contributed by atoms with Crippen LogP contribution in [0.4, 0.5) is 0 Å². The van der Waals surface area contributed by atoms with Crippen LogP contribution in [0.25, 0.3) is 32.3 Å². The molecule has 0 unspecified atom stereocenters. The van der Waals surface area contributed by atoms with E-state index in [1.165, 1.54) is 48.2 Å². The summed E-state index contributed by atoms with van der Waals surface area (Å²) in [6.07, 6.45) is 0. The number of rotatable bonds is 3. The fourth-order valence-corrected chi connectivity index (χ4v) is 7.14. The van der Waals surface area contributed by atoms with Crippen LogP contribution in [0.3, 0.4) is 0 Å². The average Bonchev–Trinajstić information content (AvgIpc) is 3.52. The predicted octanol–water partition coefficient (Wildman–Crippen LogP) is 2.03. The molecule has 0 saturated carbocycles. The van der Waals surface area contributed by atoms with Gasteiger partial charge in [-0.05, 0) is 18.5 Å². The van der Waals surface area contributed by atoms with Crippen LogP contribution in [0, 0.1) is 0 Å². The zero-order chi connectivity index (χ0) is 23.5. The Balaban J connectivity index is 0.000000216. The quantitative estimate of drug-likeness (QED) is 0.208. The Bertz CT molecular complexity index is 1580. The first-order valence-electron chi connectivity index (χ1n) is 12.0. The number of fused-ring (bicyclic) bond motifs is 4. The molecule has 0 aliphatic rings. The van der Waals surface area contributed by atoms with Crippen molar-refractivity contribution >= 4 is 56.2 Å². The second kappa shape index (κ2) is 14.0. The molecule has 0 aliphatic heterocycles. The van der Waals surface area contributed by atoms with Crippen LogP contribution in [-0.2, 0) is 26.2 Å². The van der Waals surface area contributed by atoms with Gasteiger partial charge in [0.25, 0.3) is 0 Å². The zero-order valence-corrected chi connectivity index (χ0v) is 25.5. The number of hydrogen-bond acceptors (Lipinski definition) is 0. The van der Waals surface area contributed by atoms with Crippen LogP contribution in [0.5, 0.6) is 0 Å². The summed E-state index contributed by atoms with van der Waals surface area (Å²) in [6, 6.07) is 54.3. The Kier molecular flexibility index (Phi) is 11.1. The zero-order valence-electron chi connectivity index (χ0n) is 20.6. The van der Waals surface area contributed by atoms with Crippen molar-refractivity contribution in [2.24, 2.45) is 0 Å². The predicted molar refractivity (Wildman–Crippen MR) is 155 cm³/mol. The van der Waals surface area contributed by atoms with Crippen LogP contribution in [0.1, 0.15) is 0 Å². The summed E-state index contributed by atoms with van der Waals surface area (Å²) < 4.78 is 0. The van der Waals surface area contributed by atoms with E-state index in [1.807, 2.05) is 0 Å². The Morgan fingerprint density at radius 2 is 0.842 bits per heavy atom. The standard InChI is InChI=1S/C21H16P.C13H9.2ClH.Zr/c1-3-11-19(12-4-1)22(20-13-5-2-6-14-20)21-15-17-9-7-8-10-18(17)16-21;1-3-7-12-10(5-1)9-11-6-2-4-8-13(11)12;;;/h1-16H;1-9H;2*1H;/q2*-1;;;+4/p-2. The van der Waals surface area contributed by atoms with E-state index in [1.54, 1.807) is 0 Å². The fraction of sp³-hybridized carbons (Fsp3) is 0. The van der Waals surface area contributed by atoms with Gasteiger partial charge in [-0.2, -0.15) is 6.07 Å². The topological polar surface area (TPSA) is 0 Å². The fourth-order valence-electron chi connectivity index (χ4n) is 4.77. The number of hydrogen-bond donors (Lipinski definition) is 0. The molecule has 0 fully saturated rings. The molecule has 184 valence electrons. The average molecular weight is 627 g/mol. The minimum Gasteiger partial charge on any atom is -1.00 e. The van der Waals surface area contributed by atoms with Gasteiger partial charge in [-0.25, -0.2) is 0 Å². The summed E-state index contributed by atoms with van der Waals surface area (Å²) in [7, 11) is -0.493. The minimum absolute atomic E-state index is 0. The van der Waals surface area contributed by atoms with Gasteiger partial charge < -0.3 is 24.8 Å². The van der Waals surface area contributed by atoms with Gasteiger partial charge in [-0.15, -0.1) is 80.1 Å². The number of halogens is 2. The van der Waals surface area contributed by atoms with E-state index in [4.69, 9.17) is 0 Å². The largest absolute Gasteiger partial charge is 4.00 e. The third-order valence-electron chi connectivity index (χ3n) is 6.41. The maximum Gasteiger partial charge on any atom is 4.00 e. The van der Waals surface area contributed by atoms with Crippen LogP contribution in [0.2, 0.25) is 0 Å². The minimum atomic E-state index is -0.493. The SMILES string of the molecule is [Cl-].[Cl-].[Zr+4].c1ccc(P(c2ccccc2)c2cc3ccccc3[cH-]2)cc1.c1ccc2c(c1)[cH-]c1ccccc12. The molecule has 0 aliphatic carbocycles. The molecule has 0 saturated heterocycles. The summed E-state index contributed by atoms with van der Waals surface area (Å²) in [4.78, 5) is 0. The van der Waals surface area contributed by atoms with Gasteiger partial charge in [0.15, 0.2) is 0 Å². The van der Waals surface area contributed by atoms with Gasteiger partial charge in [0.1, 0.15) is 0 Å². The molecule has 0 aromatic heterocycles. The first-order valence-corrected chi connectivity index (χ1v) is 13.3.